The number of hydrogen-bond donors (Lipinski definition) is 1. The van der Waals surface area contributed by atoms with Crippen molar-refractivity contribution in [1.82, 2.24) is 20.0 Å². The van der Waals surface area contributed by atoms with Gasteiger partial charge in [-0.3, -0.25) is 14.3 Å². The predicted molar refractivity (Wildman–Crippen MR) is 137 cm³/mol. The average molecular weight is 520 g/mol. The van der Waals surface area contributed by atoms with Gasteiger partial charge in [0.15, 0.2) is 11.6 Å². The van der Waals surface area contributed by atoms with E-state index in [1.165, 1.54) is 26.4 Å². The van der Waals surface area contributed by atoms with Gasteiger partial charge in [0.05, 0.1) is 37.5 Å². The van der Waals surface area contributed by atoms with Gasteiger partial charge in [-0.1, -0.05) is 24.3 Å². The number of hydrogen-bond acceptors (Lipinski definition) is 6. The summed E-state index contributed by atoms with van der Waals surface area (Å²) in [5.74, 6) is -0.954. The van der Waals surface area contributed by atoms with E-state index in [0.29, 0.717) is 30.8 Å². The largest absolute Gasteiger partial charge is 0.494 e. The summed E-state index contributed by atoms with van der Waals surface area (Å²) in [5, 5.41) is 16.5. The third-order valence-corrected chi connectivity index (χ3v) is 6.50. The van der Waals surface area contributed by atoms with E-state index in [9.17, 15) is 19.2 Å². The van der Waals surface area contributed by atoms with Crippen molar-refractivity contribution in [1.29, 1.82) is 5.26 Å². The number of aromatic nitrogens is 2. The molecule has 0 spiro atoms. The van der Waals surface area contributed by atoms with E-state index in [1.807, 2.05) is 35.2 Å². The van der Waals surface area contributed by atoms with Crippen LogP contribution in [0, 0.1) is 17.1 Å². The molecule has 2 heterocycles. The molecule has 198 valence electrons. The molecule has 0 unspecified atom stereocenters. The molecule has 10 heteroatoms. The molecule has 9 nitrogen and oxygen atoms in total. The fourth-order valence-electron chi connectivity index (χ4n) is 4.46. The van der Waals surface area contributed by atoms with Crippen LogP contribution in [0.2, 0.25) is 0 Å². The highest BCUT2D eigenvalue weighted by molar-refractivity contribution is 5.95. The van der Waals surface area contributed by atoms with E-state index in [-0.39, 0.29) is 35.9 Å². The first-order valence-electron chi connectivity index (χ1n) is 12.4. The number of nitriles is 1. The maximum atomic E-state index is 14.7. The van der Waals surface area contributed by atoms with Crippen LogP contribution in [0.25, 0.3) is 0 Å². The fourth-order valence-corrected chi connectivity index (χ4v) is 4.46. The van der Waals surface area contributed by atoms with E-state index >= 15 is 0 Å². The first-order chi connectivity index (χ1) is 18.4. The number of carbonyl (C=O) groups is 2. The van der Waals surface area contributed by atoms with E-state index in [4.69, 9.17) is 9.47 Å². The molecule has 0 saturated carbocycles. The Morgan fingerprint density at radius 2 is 1.87 bits per heavy atom. The van der Waals surface area contributed by atoms with Crippen molar-refractivity contribution in [3.8, 4) is 11.8 Å². The Balaban J connectivity index is 1.45. The van der Waals surface area contributed by atoms with E-state index in [0.717, 1.165) is 30.5 Å². The molecule has 0 radical (unpaired) electrons. The standard InChI is InChI=1S/C28H30FN5O4/c1-37-18-24-23(28(36)31-14-22-21(13-30)10-11-25(38-2)27(22)29)17-34(32-24)16-20-8-6-19(7-9-20)15-33-12-4-3-5-26(33)35/h6-11,17H,3-5,12,14-16,18H2,1-2H3,(H,31,36). The van der Waals surface area contributed by atoms with E-state index in [1.54, 1.807) is 10.9 Å². The molecule has 1 aliphatic heterocycles. The number of methoxy groups -OCH3 is 2. The highest BCUT2D eigenvalue weighted by Gasteiger charge is 2.20. The van der Waals surface area contributed by atoms with Crippen molar-refractivity contribution in [3.05, 3.63) is 81.9 Å². The molecule has 1 saturated heterocycles. The van der Waals surface area contributed by atoms with Crippen LogP contribution in [0.3, 0.4) is 0 Å². The lowest BCUT2D eigenvalue weighted by Crippen LogP contribution is -2.34. The van der Waals surface area contributed by atoms with Gasteiger partial charge in [0.25, 0.3) is 5.91 Å². The smallest absolute Gasteiger partial charge is 0.255 e. The number of nitrogens with zero attached hydrogens (tertiary/aromatic N) is 4. The fraction of sp³-hybridized carbons (Fsp3) is 0.357. The molecule has 3 aromatic rings. The first kappa shape index (κ1) is 26.8. The molecule has 0 aliphatic carbocycles. The van der Waals surface area contributed by atoms with E-state index < -0.39 is 11.7 Å². The molecule has 1 aromatic heterocycles. The maximum Gasteiger partial charge on any atom is 0.255 e. The van der Waals surface area contributed by atoms with E-state index in [2.05, 4.69) is 10.4 Å². The minimum absolute atomic E-state index is 0.00492. The van der Waals surface area contributed by atoms with Crippen molar-refractivity contribution in [3.63, 3.8) is 0 Å². The third kappa shape index (κ3) is 6.18. The second kappa shape index (κ2) is 12.3. The van der Waals surface area contributed by atoms with Crippen LogP contribution in [0.4, 0.5) is 4.39 Å². The van der Waals surface area contributed by atoms with Gasteiger partial charge in [-0.25, -0.2) is 4.39 Å². The first-order valence-corrected chi connectivity index (χ1v) is 12.4. The molecule has 1 N–H and O–H groups in total. The molecular weight excluding hydrogens is 489 g/mol. The summed E-state index contributed by atoms with van der Waals surface area (Å²) < 4.78 is 26.6. The molecule has 0 bridgehead atoms. The van der Waals surface area contributed by atoms with Crippen molar-refractivity contribution >= 4 is 11.8 Å². The topological polar surface area (TPSA) is 109 Å². The number of ether oxygens (including phenoxy) is 2. The Morgan fingerprint density at radius 1 is 1.13 bits per heavy atom. The molecule has 2 aromatic carbocycles. The highest BCUT2D eigenvalue weighted by atomic mass is 19.1. The van der Waals surface area contributed by atoms with Gasteiger partial charge in [-0.15, -0.1) is 0 Å². The summed E-state index contributed by atoms with van der Waals surface area (Å²) in [4.78, 5) is 27.0. The van der Waals surface area contributed by atoms with Gasteiger partial charge in [0.1, 0.15) is 5.69 Å². The second-order valence-electron chi connectivity index (χ2n) is 9.11. The second-order valence-corrected chi connectivity index (χ2v) is 9.11. The van der Waals surface area contributed by atoms with Gasteiger partial charge < -0.3 is 19.7 Å². The van der Waals surface area contributed by atoms with Crippen LogP contribution in [-0.4, -0.2) is 47.3 Å². The minimum atomic E-state index is -0.687. The monoisotopic (exact) mass is 519 g/mol. The van der Waals surface area contributed by atoms with Crippen LogP contribution in [0.15, 0.2) is 42.6 Å². The molecule has 1 fully saturated rings. The number of nitrogens with one attached hydrogen (secondary N) is 1. The molecule has 0 atom stereocenters. The van der Waals surface area contributed by atoms with Gasteiger partial charge in [0, 0.05) is 44.9 Å². The summed E-state index contributed by atoms with van der Waals surface area (Å²) in [5.41, 5.74) is 2.95. The van der Waals surface area contributed by atoms with Crippen molar-refractivity contribution < 1.29 is 23.5 Å². The van der Waals surface area contributed by atoms with Crippen LogP contribution >= 0.6 is 0 Å². The lowest BCUT2D eigenvalue weighted by atomic mass is 10.1. The Morgan fingerprint density at radius 3 is 2.53 bits per heavy atom. The molecular formula is C28H30FN5O4. The predicted octanol–water partition coefficient (Wildman–Crippen LogP) is 3.54. The third-order valence-electron chi connectivity index (χ3n) is 6.50. The Bertz CT molecular complexity index is 1350. The number of rotatable bonds is 10. The van der Waals surface area contributed by atoms with Crippen molar-refractivity contribution in [2.24, 2.45) is 0 Å². The molecule has 1 aliphatic rings. The van der Waals surface area contributed by atoms with Gasteiger partial charge in [0.2, 0.25) is 5.91 Å². The number of carbonyl (C=O) groups excluding carboxylic acids is 2. The normalized spacial score (nSPS) is 13.3. The van der Waals surface area contributed by atoms with Gasteiger partial charge in [-0.05, 0) is 36.1 Å². The Hall–Kier alpha value is -4.23. The Kier molecular flexibility index (Phi) is 8.71. The Labute approximate surface area is 220 Å². The van der Waals surface area contributed by atoms with Crippen molar-refractivity contribution in [2.45, 2.75) is 45.5 Å². The molecule has 38 heavy (non-hydrogen) atoms. The number of likely N-dealkylation sites (tertiary alicyclic amines) is 1. The summed E-state index contributed by atoms with van der Waals surface area (Å²) >= 11 is 0. The van der Waals surface area contributed by atoms with Gasteiger partial charge in [-0.2, -0.15) is 10.4 Å². The lowest BCUT2D eigenvalue weighted by Gasteiger charge is -2.26. The van der Waals surface area contributed by atoms with Crippen LogP contribution in [0.1, 0.15) is 57.6 Å². The number of piperidine rings is 1. The minimum Gasteiger partial charge on any atom is -0.494 e. The summed E-state index contributed by atoms with van der Waals surface area (Å²) in [7, 11) is 2.85. The zero-order valence-electron chi connectivity index (χ0n) is 21.5. The van der Waals surface area contributed by atoms with Crippen LogP contribution < -0.4 is 10.1 Å². The number of amides is 2. The highest BCUT2D eigenvalue weighted by Crippen LogP contribution is 2.24. The SMILES string of the molecule is COCc1nn(Cc2ccc(CN3CCCCC3=O)cc2)cc1C(=O)NCc1c(C#N)ccc(OC)c1F. The zero-order chi connectivity index (χ0) is 27.1. The average Bonchev–Trinajstić information content (AvgIpc) is 3.32. The van der Waals surface area contributed by atoms with Gasteiger partial charge >= 0.3 is 0 Å². The zero-order valence-corrected chi connectivity index (χ0v) is 21.5. The van der Waals surface area contributed by atoms with Crippen molar-refractivity contribution in [2.75, 3.05) is 20.8 Å². The summed E-state index contributed by atoms with van der Waals surface area (Å²) in [6.07, 6.45) is 4.24. The number of benzene rings is 2. The molecule has 4 rings (SSSR count). The van der Waals surface area contributed by atoms with Crippen LogP contribution in [-0.2, 0) is 35.8 Å². The summed E-state index contributed by atoms with van der Waals surface area (Å²) in [6, 6.07) is 12.7. The lowest BCUT2D eigenvalue weighted by molar-refractivity contribution is -0.133. The van der Waals surface area contributed by atoms with Crippen LogP contribution in [0.5, 0.6) is 5.75 Å². The molecule has 2 amide bonds. The summed E-state index contributed by atoms with van der Waals surface area (Å²) in [6.45, 7) is 1.75. The number of halogens is 1. The maximum absolute atomic E-state index is 14.7. The quantitative estimate of drug-likeness (QED) is 0.439.